The zero-order chi connectivity index (χ0) is 14.7. The van der Waals surface area contributed by atoms with Gasteiger partial charge in [-0.3, -0.25) is 14.5 Å². The van der Waals surface area contributed by atoms with Crippen LogP contribution in [-0.2, 0) is 20.8 Å². The van der Waals surface area contributed by atoms with Crippen molar-refractivity contribution in [1.82, 2.24) is 5.32 Å². The van der Waals surface area contributed by atoms with Crippen LogP contribution in [0.15, 0.2) is 24.3 Å². The third-order valence-corrected chi connectivity index (χ3v) is 3.24. The molecule has 1 aromatic rings. The minimum atomic E-state index is -1.02. The number of fused-ring (bicyclic) bond motifs is 1. The number of amides is 2. The normalized spacial score (nSPS) is 16.6. The highest BCUT2D eigenvalue weighted by Crippen LogP contribution is 2.32. The van der Waals surface area contributed by atoms with E-state index < -0.39 is 12.0 Å². The number of benzene rings is 1. The van der Waals surface area contributed by atoms with Gasteiger partial charge in [-0.25, -0.2) is 4.79 Å². The van der Waals surface area contributed by atoms with Crippen LogP contribution in [-0.4, -0.2) is 35.5 Å². The second-order valence-corrected chi connectivity index (χ2v) is 4.68. The van der Waals surface area contributed by atoms with Crippen LogP contribution in [0.25, 0.3) is 0 Å². The van der Waals surface area contributed by atoms with E-state index in [1.807, 2.05) is 12.1 Å². The summed E-state index contributed by atoms with van der Waals surface area (Å²) in [6.07, 6.45) is 0.398. The molecule has 1 aliphatic heterocycles. The summed E-state index contributed by atoms with van der Waals surface area (Å²) in [5.74, 6) is -1.53. The summed E-state index contributed by atoms with van der Waals surface area (Å²) in [5.41, 5.74) is 1.50. The number of rotatable bonds is 4. The number of carbonyl (C=O) groups is 3. The second kappa shape index (κ2) is 5.73. The fourth-order valence-electron chi connectivity index (χ4n) is 2.36. The summed E-state index contributed by atoms with van der Waals surface area (Å²) in [5, 5.41) is 11.8. The Hall–Kier alpha value is -2.37. The molecule has 0 fully saturated rings. The Bertz CT molecular complexity index is 556. The first-order valence-electron chi connectivity index (χ1n) is 6.38. The molecule has 0 saturated carbocycles. The van der Waals surface area contributed by atoms with Gasteiger partial charge in [-0.1, -0.05) is 18.2 Å². The summed E-state index contributed by atoms with van der Waals surface area (Å²) in [6, 6.07) is 6.30. The molecule has 0 aromatic heterocycles. The van der Waals surface area contributed by atoms with E-state index in [-0.39, 0.29) is 24.8 Å². The van der Waals surface area contributed by atoms with Crippen LogP contribution >= 0.6 is 0 Å². The van der Waals surface area contributed by atoms with E-state index >= 15 is 0 Å². The lowest BCUT2D eigenvalue weighted by Gasteiger charge is -2.22. The fraction of sp³-hybridized carbons (Fsp3) is 0.357. The number of nitrogens with zero attached hydrogens (tertiary/aromatic N) is 1. The zero-order valence-corrected chi connectivity index (χ0v) is 11.1. The third-order valence-electron chi connectivity index (χ3n) is 3.24. The molecule has 0 radical (unpaired) electrons. The van der Waals surface area contributed by atoms with Crippen molar-refractivity contribution in [3.63, 3.8) is 0 Å². The van der Waals surface area contributed by atoms with Crippen molar-refractivity contribution in [3.05, 3.63) is 29.8 Å². The average molecular weight is 276 g/mol. The van der Waals surface area contributed by atoms with E-state index in [9.17, 15) is 19.5 Å². The minimum absolute atomic E-state index is 0.0810. The number of para-hydroxylation sites is 1. The standard InChI is InChI=1S/C14H16N2O4/c1-9(17)15-7-6-13(18)16-11-5-3-2-4-10(11)8-12(16)14(19)20/h2-5,12H,6-8H2,1H3,(H,15,17)(H,19,20)/t12-/m0/s1. The van der Waals surface area contributed by atoms with Crippen LogP contribution in [0.3, 0.4) is 0 Å². The van der Waals surface area contributed by atoms with Crippen LogP contribution in [0.2, 0.25) is 0 Å². The molecule has 0 saturated heterocycles. The molecular formula is C14H16N2O4. The van der Waals surface area contributed by atoms with Gasteiger partial charge in [-0.2, -0.15) is 0 Å². The first-order valence-corrected chi connectivity index (χ1v) is 6.38. The Kier molecular flexibility index (Phi) is 4.02. The molecule has 2 N–H and O–H groups in total. The van der Waals surface area contributed by atoms with E-state index in [1.165, 1.54) is 11.8 Å². The molecule has 0 unspecified atom stereocenters. The molecule has 106 valence electrons. The van der Waals surface area contributed by atoms with Crippen molar-refractivity contribution < 1.29 is 19.5 Å². The van der Waals surface area contributed by atoms with Gasteiger partial charge in [0.05, 0.1) is 0 Å². The monoisotopic (exact) mass is 276 g/mol. The highest BCUT2D eigenvalue weighted by atomic mass is 16.4. The summed E-state index contributed by atoms with van der Waals surface area (Å²) >= 11 is 0. The van der Waals surface area contributed by atoms with E-state index in [0.717, 1.165) is 5.56 Å². The Labute approximate surface area is 116 Å². The van der Waals surface area contributed by atoms with Crippen LogP contribution in [0.5, 0.6) is 0 Å². The zero-order valence-electron chi connectivity index (χ0n) is 11.1. The van der Waals surface area contributed by atoms with Gasteiger partial charge in [0.15, 0.2) is 0 Å². The Morgan fingerprint density at radius 2 is 2.05 bits per heavy atom. The summed E-state index contributed by atoms with van der Waals surface area (Å²) < 4.78 is 0. The summed E-state index contributed by atoms with van der Waals surface area (Å²) in [4.78, 5) is 35.6. The number of anilines is 1. The van der Waals surface area contributed by atoms with Gasteiger partial charge < -0.3 is 10.4 Å². The van der Waals surface area contributed by atoms with E-state index in [4.69, 9.17) is 0 Å². The Balaban J connectivity index is 2.16. The number of nitrogens with one attached hydrogen (secondary N) is 1. The maximum Gasteiger partial charge on any atom is 0.327 e. The van der Waals surface area contributed by atoms with Crippen LogP contribution in [0.1, 0.15) is 18.9 Å². The average Bonchev–Trinajstić information content (AvgIpc) is 2.77. The molecule has 1 aliphatic rings. The van der Waals surface area contributed by atoms with Gasteiger partial charge in [0.25, 0.3) is 0 Å². The third kappa shape index (κ3) is 2.79. The second-order valence-electron chi connectivity index (χ2n) is 4.68. The molecule has 2 rings (SSSR count). The van der Waals surface area contributed by atoms with Gasteiger partial charge in [0.2, 0.25) is 11.8 Å². The van der Waals surface area contributed by atoms with E-state index in [0.29, 0.717) is 12.1 Å². The van der Waals surface area contributed by atoms with Crippen molar-refractivity contribution in [2.24, 2.45) is 0 Å². The number of hydrogen-bond donors (Lipinski definition) is 2. The van der Waals surface area contributed by atoms with Crippen LogP contribution in [0, 0.1) is 0 Å². The largest absolute Gasteiger partial charge is 0.480 e. The molecule has 2 amide bonds. The lowest BCUT2D eigenvalue weighted by molar-refractivity contribution is -0.140. The fourth-order valence-corrected chi connectivity index (χ4v) is 2.36. The molecule has 0 aliphatic carbocycles. The summed E-state index contributed by atoms with van der Waals surface area (Å²) in [7, 11) is 0. The maximum atomic E-state index is 12.2. The van der Waals surface area contributed by atoms with Gasteiger partial charge in [-0.15, -0.1) is 0 Å². The first kappa shape index (κ1) is 14.0. The quantitative estimate of drug-likeness (QED) is 0.841. The first-order chi connectivity index (χ1) is 9.50. The molecule has 6 heteroatoms. The van der Waals surface area contributed by atoms with Crippen molar-refractivity contribution in [2.75, 3.05) is 11.4 Å². The number of carboxylic acids is 1. The molecule has 6 nitrogen and oxygen atoms in total. The maximum absolute atomic E-state index is 12.2. The van der Waals surface area contributed by atoms with Crippen molar-refractivity contribution in [2.45, 2.75) is 25.8 Å². The van der Waals surface area contributed by atoms with Gasteiger partial charge in [0.1, 0.15) is 6.04 Å². The molecule has 0 spiro atoms. The number of carboxylic acid groups (broad SMARTS) is 1. The SMILES string of the molecule is CC(=O)NCCC(=O)N1c2ccccc2C[C@H]1C(=O)O. The smallest absolute Gasteiger partial charge is 0.327 e. The Morgan fingerprint density at radius 3 is 2.70 bits per heavy atom. The topological polar surface area (TPSA) is 86.7 Å². The lowest BCUT2D eigenvalue weighted by Crippen LogP contribution is -2.43. The molecule has 0 bridgehead atoms. The van der Waals surface area contributed by atoms with Gasteiger partial charge in [0, 0.05) is 32.0 Å². The summed E-state index contributed by atoms with van der Waals surface area (Å²) in [6.45, 7) is 1.58. The van der Waals surface area contributed by atoms with Crippen molar-refractivity contribution >= 4 is 23.5 Å². The van der Waals surface area contributed by atoms with Gasteiger partial charge in [-0.05, 0) is 11.6 Å². The predicted octanol–water partition coefficient (Wildman–Crippen LogP) is 0.555. The predicted molar refractivity (Wildman–Crippen MR) is 72.4 cm³/mol. The van der Waals surface area contributed by atoms with Gasteiger partial charge >= 0.3 is 5.97 Å². The molecular weight excluding hydrogens is 260 g/mol. The van der Waals surface area contributed by atoms with Crippen molar-refractivity contribution in [3.8, 4) is 0 Å². The lowest BCUT2D eigenvalue weighted by atomic mass is 10.1. The van der Waals surface area contributed by atoms with E-state index in [2.05, 4.69) is 5.32 Å². The molecule has 1 heterocycles. The highest BCUT2D eigenvalue weighted by molar-refractivity contribution is 6.02. The number of aliphatic carboxylic acids is 1. The minimum Gasteiger partial charge on any atom is -0.480 e. The number of carbonyl (C=O) groups excluding carboxylic acids is 2. The Morgan fingerprint density at radius 1 is 1.35 bits per heavy atom. The molecule has 1 aromatic carbocycles. The molecule has 1 atom stereocenters. The van der Waals surface area contributed by atoms with E-state index in [1.54, 1.807) is 12.1 Å². The van der Waals surface area contributed by atoms with Crippen molar-refractivity contribution in [1.29, 1.82) is 0 Å². The van der Waals surface area contributed by atoms with Crippen LogP contribution < -0.4 is 10.2 Å². The highest BCUT2D eigenvalue weighted by Gasteiger charge is 2.37. The van der Waals surface area contributed by atoms with Crippen LogP contribution in [0.4, 0.5) is 5.69 Å². The molecule has 20 heavy (non-hydrogen) atoms. The number of hydrogen-bond acceptors (Lipinski definition) is 3.